The van der Waals surface area contributed by atoms with E-state index in [0.717, 1.165) is 0 Å². The second kappa shape index (κ2) is 3.42. The minimum absolute atomic E-state index is 0.00895. The Labute approximate surface area is 78.9 Å². The van der Waals surface area contributed by atoms with E-state index < -0.39 is 6.43 Å². The van der Waals surface area contributed by atoms with Crippen molar-refractivity contribution in [3.8, 4) is 11.5 Å². The number of halogens is 2. The highest BCUT2D eigenvalue weighted by Gasteiger charge is 2.21. The van der Waals surface area contributed by atoms with Gasteiger partial charge in [0.05, 0.1) is 6.61 Å². The van der Waals surface area contributed by atoms with E-state index >= 15 is 0 Å². The van der Waals surface area contributed by atoms with E-state index in [1.807, 2.05) is 0 Å². The van der Waals surface area contributed by atoms with Gasteiger partial charge < -0.3 is 14.6 Å². The molecule has 0 unspecified atom stereocenters. The minimum Gasteiger partial charge on any atom is -0.454 e. The Bertz CT molecular complexity index is 352. The van der Waals surface area contributed by atoms with Crippen LogP contribution in [0.2, 0.25) is 0 Å². The number of ether oxygens (including phenoxy) is 2. The standard InChI is InChI=1S/C9H8F2O3/c10-9(11)5-1-6(3-12)8-7(2-5)13-4-14-8/h1-2,9,12H,3-4H2. The molecule has 2 rings (SSSR count). The van der Waals surface area contributed by atoms with Crippen molar-refractivity contribution in [3.05, 3.63) is 23.3 Å². The second-order valence-corrected chi connectivity index (χ2v) is 2.87. The third-order valence-electron chi connectivity index (χ3n) is 1.99. The molecule has 1 aromatic rings. The van der Waals surface area contributed by atoms with Crippen LogP contribution in [-0.2, 0) is 6.61 Å². The summed E-state index contributed by atoms with van der Waals surface area (Å²) in [7, 11) is 0. The number of rotatable bonds is 2. The molecule has 0 saturated carbocycles. The van der Waals surface area contributed by atoms with Crippen molar-refractivity contribution in [1.29, 1.82) is 0 Å². The Morgan fingerprint density at radius 3 is 2.79 bits per heavy atom. The first-order valence-corrected chi connectivity index (χ1v) is 4.04. The van der Waals surface area contributed by atoms with Crippen molar-refractivity contribution in [2.45, 2.75) is 13.0 Å². The fourth-order valence-corrected chi connectivity index (χ4v) is 1.35. The van der Waals surface area contributed by atoms with Gasteiger partial charge in [-0.3, -0.25) is 0 Å². The van der Waals surface area contributed by atoms with Crippen LogP contribution in [0.3, 0.4) is 0 Å². The van der Waals surface area contributed by atoms with Crippen LogP contribution in [0.25, 0.3) is 0 Å². The number of alkyl halides is 2. The zero-order valence-electron chi connectivity index (χ0n) is 7.17. The van der Waals surface area contributed by atoms with Crippen molar-refractivity contribution in [2.24, 2.45) is 0 Å². The number of fused-ring (bicyclic) bond motifs is 1. The maximum atomic E-state index is 12.4. The minimum atomic E-state index is -2.57. The lowest BCUT2D eigenvalue weighted by molar-refractivity contribution is 0.150. The zero-order chi connectivity index (χ0) is 10.1. The van der Waals surface area contributed by atoms with Crippen LogP contribution < -0.4 is 9.47 Å². The molecule has 0 radical (unpaired) electrons. The molecule has 3 nitrogen and oxygen atoms in total. The summed E-state index contributed by atoms with van der Waals surface area (Å²) in [5.41, 5.74) is 0.161. The van der Waals surface area contributed by atoms with Gasteiger partial charge in [-0.25, -0.2) is 8.78 Å². The first-order valence-electron chi connectivity index (χ1n) is 4.04. The van der Waals surface area contributed by atoms with Gasteiger partial charge in [-0.1, -0.05) is 0 Å². The van der Waals surface area contributed by atoms with Gasteiger partial charge >= 0.3 is 0 Å². The summed E-state index contributed by atoms with van der Waals surface area (Å²) >= 11 is 0. The molecule has 5 heteroatoms. The predicted molar refractivity (Wildman–Crippen MR) is 43.4 cm³/mol. The van der Waals surface area contributed by atoms with Gasteiger partial charge in [0.15, 0.2) is 11.5 Å². The van der Waals surface area contributed by atoms with Gasteiger partial charge in [-0.2, -0.15) is 0 Å². The zero-order valence-corrected chi connectivity index (χ0v) is 7.17. The van der Waals surface area contributed by atoms with E-state index in [9.17, 15) is 8.78 Å². The SMILES string of the molecule is OCc1cc(C(F)F)cc2c1OCO2. The Morgan fingerprint density at radius 2 is 2.14 bits per heavy atom. The summed E-state index contributed by atoms with van der Waals surface area (Å²) in [5.74, 6) is 0.628. The van der Waals surface area contributed by atoms with Crippen LogP contribution in [0.5, 0.6) is 11.5 Å². The molecule has 0 fully saturated rings. The Kier molecular flexibility index (Phi) is 2.25. The Hall–Kier alpha value is -1.36. The fourth-order valence-electron chi connectivity index (χ4n) is 1.35. The van der Waals surface area contributed by atoms with E-state index in [0.29, 0.717) is 11.3 Å². The van der Waals surface area contributed by atoms with Crippen LogP contribution in [0, 0.1) is 0 Å². The molecule has 1 aliphatic heterocycles. The molecular weight excluding hydrogens is 194 g/mol. The Morgan fingerprint density at radius 1 is 1.36 bits per heavy atom. The lowest BCUT2D eigenvalue weighted by atomic mass is 10.1. The summed E-state index contributed by atoms with van der Waals surface area (Å²) < 4.78 is 34.7. The smallest absolute Gasteiger partial charge is 0.263 e. The molecular formula is C9H8F2O3. The number of benzene rings is 1. The van der Waals surface area contributed by atoms with Gasteiger partial charge in [0.1, 0.15) is 0 Å². The maximum absolute atomic E-state index is 12.4. The first kappa shape index (κ1) is 9.21. The number of hydrogen-bond acceptors (Lipinski definition) is 3. The highest BCUT2D eigenvalue weighted by Crippen LogP contribution is 2.39. The highest BCUT2D eigenvalue weighted by molar-refractivity contribution is 5.50. The molecule has 0 saturated heterocycles. The molecule has 14 heavy (non-hydrogen) atoms. The van der Waals surface area contributed by atoms with E-state index in [1.165, 1.54) is 12.1 Å². The number of aliphatic hydroxyl groups is 1. The molecule has 1 aromatic carbocycles. The second-order valence-electron chi connectivity index (χ2n) is 2.87. The quantitative estimate of drug-likeness (QED) is 0.795. The molecule has 0 atom stereocenters. The molecule has 0 bridgehead atoms. The summed E-state index contributed by atoms with van der Waals surface area (Å²) in [4.78, 5) is 0. The van der Waals surface area contributed by atoms with Gasteiger partial charge in [-0.05, 0) is 12.1 Å². The average molecular weight is 202 g/mol. The molecule has 76 valence electrons. The lowest BCUT2D eigenvalue weighted by Gasteiger charge is -2.06. The largest absolute Gasteiger partial charge is 0.454 e. The number of hydrogen-bond donors (Lipinski definition) is 1. The van der Waals surface area contributed by atoms with Crippen LogP contribution in [0.1, 0.15) is 17.6 Å². The van der Waals surface area contributed by atoms with Gasteiger partial charge in [0.2, 0.25) is 6.79 Å². The summed E-state index contributed by atoms with van der Waals surface area (Å²) in [6.45, 7) is -0.332. The van der Waals surface area contributed by atoms with Crippen molar-refractivity contribution in [1.82, 2.24) is 0 Å². The predicted octanol–water partition coefficient (Wildman–Crippen LogP) is 1.85. The van der Waals surface area contributed by atoms with Crippen molar-refractivity contribution in [3.63, 3.8) is 0 Å². The Balaban J connectivity index is 2.49. The molecule has 0 aromatic heterocycles. The summed E-state index contributed by atoms with van der Waals surface area (Å²) in [6.07, 6.45) is -2.57. The monoisotopic (exact) mass is 202 g/mol. The maximum Gasteiger partial charge on any atom is 0.263 e. The van der Waals surface area contributed by atoms with E-state index in [2.05, 4.69) is 0 Å². The number of aliphatic hydroxyl groups excluding tert-OH is 1. The third-order valence-corrected chi connectivity index (χ3v) is 1.99. The highest BCUT2D eigenvalue weighted by atomic mass is 19.3. The normalized spacial score (nSPS) is 13.7. The van der Waals surface area contributed by atoms with E-state index in [-0.39, 0.29) is 24.7 Å². The van der Waals surface area contributed by atoms with Crippen molar-refractivity contribution < 1.29 is 23.4 Å². The van der Waals surface area contributed by atoms with Crippen LogP contribution in [0.15, 0.2) is 12.1 Å². The molecule has 1 heterocycles. The van der Waals surface area contributed by atoms with Gasteiger partial charge in [0, 0.05) is 11.1 Å². The van der Waals surface area contributed by atoms with E-state index in [4.69, 9.17) is 14.6 Å². The van der Waals surface area contributed by atoms with Crippen molar-refractivity contribution in [2.75, 3.05) is 6.79 Å². The van der Waals surface area contributed by atoms with Crippen LogP contribution >= 0.6 is 0 Å². The third kappa shape index (κ3) is 1.39. The topological polar surface area (TPSA) is 38.7 Å². The van der Waals surface area contributed by atoms with Crippen LogP contribution in [0.4, 0.5) is 8.78 Å². The van der Waals surface area contributed by atoms with E-state index in [1.54, 1.807) is 0 Å². The molecule has 1 aliphatic rings. The summed E-state index contributed by atoms with van der Waals surface area (Å²) in [5, 5.41) is 8.93. The van der Waals surface area contributed by atoms with Gasteiger partial charge in [-0.15, -0.1) is 0 Å². The first-order chi connectivity index (χ1) is 6.72. The van der Waals surface area contributed by atoms with Crippen LogP contribution in [-0.4, -0.2) is 11.9 Å². The molecule has 1 N–H and O–H groups in total. The molecule has 0 amide bonds. The molecule has 0 aliphatic carbocycles. The molecule has 0 spiro atoms. The lowest BCUT2D eigenvalue weighted by Crippen LogP contribution is -1.94. The van der Waals surface area contributed by atoms with Gasteiger partial charge in [0.25, 0.3) is 6.43 Å². The summed E-state index contributed by atoms with van der Waals surface area (Å²) in [6, 6.07) is 2.45. The average Bonchev–Trinajstić information content (AvgIpc) is 2.63. The fraction of sp³-hybridized carbons (Fsp3) is 0.333. The van der Waals surface area contributed by atoms with Crippen molar-refractivity contribution >= 4 is 0 Å².